The third-order valence-electron chi connectivity index (χ3n) is 3.14. The Morgan fingerprint density at radius 1 is 1.40 bits per heavy atom. The largest absolute Gasteiger partial charge is 0.383 e. The average molecular weight is 294 g/mol. The fraction of sp³-hybridized carbons (Fsp3) is 0.400. The number of aryl methyl sites for hydroxylation is 1. The van der Waals surface area contributed by atoms with Gasteiger partial charge in [0, 0.05) is 44.0 Å². The standard InChI is InChI=1S/C15H20ClN3O/c1-3-15-18-6-8-19(15)14-10-13(16)5-4-12(14)11-17-7-9-20-2/h4-6,8,10,17H,3,7,9,11H2,1-2H3. The summed E-state index contributed by atoms with van der Waals surface area (Å²) < 4.78 is 7.14. The molecule has 0 aliphatic carbocycles. The summed E-state index contributed by atoms with van der Waals surface area (Å²) in [6, 6.07) is 5.95. The van der Waals surface area contributed by atoms with Crippen LogP contribution in [0.25, 0.3) is 5.69 Å². The first-order chi connectivity index (χ1) is 9.76. The van der Waals surface area contributed by atoms with E-state index in [1.54, 1.807) is 7.11 Å². The molecule has 1 aromatic heterocycles. The molecule has 0 fully saturated rings. The van der Waals surface area contributed by atoms with E-state index in [0.29, 0.717) is 6.61 Å². The lowest BCUT2D eigenvalue weighted by Gasteiger charge is -2.14. The quantitative estimate of drug-likeness (QED) is 0.798. The number of methoxy groups -OCH3 is 1. The summed E-state index contributed by atoms with van der Waals surface area (Å²) >= 11 is 6.14. The van der Waals surface area contributed by atoms with Gasteiger partial charge in [-0.3, -0.25) is 0 Å². The number of hydrogen-bond acceptors (Lipinski definition) is 3. The molecule has 108 valence electrons. The number of nitrogens with zero attached hydrogens (tertiary/aromatic N) is 2. The van der Waals surface area contributed by atoms with Gasteiger partial charge in [0.1, 0.15) is 5.82 Å². The molecule has 1 aromatic carbocycles. The van der Waals surface area contributed by atoms with Crippen LogP contribution in [0.1, 0.15) is 18.3 Å². The Kier molecular flexibility index (Phi) is 5.59. The van der Waals surface area contributed by atoms with Crippen molar-refractivity contribution in [2.24, 2.45) is 0 Å². The van der Waals surface area contributed by atoms with Crippen molar-refractivity contribution < 1.29 is 4.74 Å². The molecule has 20 heavy (non-hydrogen) atoms. The molecule has 4 nitrogen and oxygen atoms in total. The second-order valence-electron chi connectivity index (χ2n) is 4.51. The van der Waals surface area contributed by atoms with Crippen molar-refractivity contribution in [2.45, 2.75) is 19.9 Å². The number of halogens is 1. The fourth-order valence-electron chi connectivity index (χ4n) is 2.12. The second-order valence-corrected chi connectivity index (χ2v) is 4.95. The summed E-state index contributed by atoms with van der Waals surface area (Å²) in [5.41, 5.74) is 2.27. The zero-order valence-electron chi connectivity index (χ0n) is 11.9. The first-order valence-electron chi connectivity index (χ1n) is 6.77. The Morgan fingerprint density at radius 2 is 2.25 bits per heavy atom. The summed E-state index contributed by atoms with van der Waals surface area (Å²) in [4.78, 5) is 4.37. The van der Waals surface area contributed by atoms with E-state index in [1.165, 1.54) is 5.56 Å². The highest BCUT2D eigenvalue weighted by Gasteiger charge is 2.09. The minimum absolute atomic E-state index is 0.703. The van der Waals surface area contributed by atoms with Gasteiger partial charge in [0.25, 0.3) is 0 Å². The van der Waals surface area contributed by atoms with Crippen LogP contribution in [-0.2, 0) is 17.7 Å². The van der Waals surface area contributed by atoms with Crippen molar-refractivity contribution in [1.82, 2.24) is 14.9 Å². The topological polar surface area (TPSA) is 39.1 Å². The van der Waals surface area contributed by atoms with Gasteiger partial charge < -0.3 is 14.6 Å². The van der Waals surface area contributed by atoms with E-state index in [-0.39, 0.29) is 0 Å². The molecular formula is C15H20ClN3O. The number of aromatic nitrogens is 2. The zero-order chi connectivity index (χ0) is 14.4. The summed E-state index contributed by atoms with van der Waals surface area (Å²) in [5, 5.41) is 4.09. The van der Waals surface area contributed by atoms with Crippen LogP contribution >= 0.6 is 11.6 Å². The minimum atomic E-state index is 0.703. The fourth-order valence-corrected chi connectivity index (χ4v) is 2.29. The molecule has 0 saturated heterocycles. The van der Waals surface area contributed by atoms with Crippen LogP contribution in [0.2, 0.25) is 5.02 Å². The predicted molar refractivity (Wildman–Crippen MR) is 81.5 cm³/mol. The predicted octanol–water partition coefficient (Wildman–Crippen LogP) is 2.82. The SMILES string of the molecule is CCc1nccn1-c1cc(Cl)ccc1CNCCOC. The van der Waals surface area contributed by atoms with Crippen LogP contribution in [-0.4, -0.2) is 29.8 Å². The lowest BCUT2D eigenvalue weighted by atomic mass is 10.1. The highest BCUT2D eigenvalue weighted by molar-refractivity contribution is 6.30. The van der Waals surface area contributed by atoms with Gasteiger partial charge in [-0.15, -0.1) is 0 Å². The number of hydrogen-bond donors (Lipinski definition) is 1. The molecule has 0 unspecified atom stereocenters. The van der Waals surface area contributed by atoms with Gasteiger partial charge in [0.15, 0.2) is 0 Å². The molecular weight excluding hydrogens is 274 g/mol. The minimum Gasteiger partial charge on any atom is -0.383 e. The number of benzene rings is 1. The molecule has 5 heteroatoms. The lowest BCUT2D eigenvalue weighted by Crippen LogP contribution is -2.19. The maximum atomic E-state index is 6.14. The molecule has 2 aromatic rings. The zero-order valence-corrected chi connectivity index (χ0v) is 12.7. The van der Waals surface area contributed by atoms with Gasteiger partial charge >= 0.3 is 0 Å². The van der Waals surface area contributed by atoms with Crippen LogP contribution in [0.5, 0.6) is 0 Å². The Morgan fingerprint density at radius 3 is 3.00 bits per heavy atom. The van der Waals surface area contributed by atoms with Gasteiger partial charge in [0.2, 0.25) is 0 Å². The van der Waals surface area contributed by atoms with Crippen molar-refractivity contribution in [1.29, 1.82) is 0 Å². The maximum absolute atomic E-state index is 6.14. The van der Waals surface area contributed by atoms with Crippen molar-refractivity contribution in [2.75, 3.05) is 20.3 Å². The highest BCUT2D eigenvalue weighted by atomic mass is 35.5. The van der Waals surface area contributed by atoms with Gasteiger partial charge in [-0.25, -0.2) is 4.98 Å². The van der Waals surface area contributed by atoms with Crippen molar-refractivity contribution >= 4 is 11.6 Å². The van der Waals surface area contributed by atoms with Gasteiger partial charge in [-0.2, -0.15) is 0 Å². The Bertz CT molecular complexity index is 554. The van der Waals surface area contributed by atoms with Crippen molar-refractivity contribution in [3.8, 4) is 5.69 Å². The summed E-state index contributed by atoms with van der Waals surface area (Å²) in [6.07, 6.45) is 4.68. The van der Waals surface area contributed by atoms with Crippen LogP contribution in [0.3, 0.4) is 0 Å². The van der Waals surface area contributed by atoms with E-state index in [4.69, 9.17) is 16.3 Å². The molecule has 0 saturated carbocycles. The molecule has 0 amide bonds. The number of imidazole rings is 1. The molecule has 1 N–H and O–H groups in total. The van der Waals surface area contributed by atoms with Crippen LogP contribution in [0.4, 0.5) is 0 Å². The van der Waals surface area contributed by atoms with E-state index in [1.807, 2.05) is 24.5 Å². The molecule has 0 aliphatic heterocycles. The molecule has 1 heterocycles. The van der Waals surface area contributed by atoms with E-state index in [9.17, 15) is 0 Å². The molecule has 0 atom stereocenters. The van der Waals surface area contributed by atoms with Gasteiger partial charge in [-0.05, 0) is 17.7 Å². The Labute approximate surface area is 124 Å². The normalized spacial score (nSPS) is 10.9. The Hall–Kier alpha value is -1.36. The molecule has 0 spiro atoms. The highest BCUT2D eigenvalue weighted by Crippen LogP contribution is 2.21. The number of rotatable bonds is 7. The van der Waals surface area contributed by atoms with Crippen molar-refractivity contribution in [3.05, 3.63) is 47.0 Å². The Balaban J connectivity index is 2.24. The van der Waals surface area contributed by atoms with E-state index in [0.717, 1.165) is 36.0 Å². The van der Waals surface area contributed by atoms with Crippen LogP contribution in [0.15, 0.2) is 30.6 Å². The third kappa shape index (κ3) is 3.60. The smallest absolute Gasteiger partial charge is 0.112 e. The maximum Gasteiger partial charge on any atom is 0.112 e. The summed E-state index contributed by atoms with van der Waals surface area (Å²) in [5.74, 6) is 1.03. The molecule has 0 radical (unpaired) electrons. The molecule has 0 bridgehead atoms. The van der Waals surface area contributed by atoms with E-state index in [2.05, 4.69) is 27.9 Å². The van der Waals surface area contributed by atoms with Gasteiger partial charge in [0.05, 0.1) is 12.3 Å². The average Bonchev–Trinajstić information content (AvgIpc) is 2.93. The van der Waals surface area contributed by atoms with E-state index >= 15 is 0 Å². The van der Waals surface area contributed by atoms with Crippen LogP contribution < -0.4 is 5.32 Å². The number of ether oxygens (including phenoxy) is 1. The van der Waals surface area contributed by atoms with E-state index < -0.39 is 0 Å². The third-order valence-corrected chi connectivity index (χ3v) is 3.37. The summed E-state index contributed by atoms with van der Waals surface area (Å²) in [6.45, 7) is 4.40. The number of nitrogens with one attached hydrogen (secondary N) is 1. The second kappa shape index (κ2) is 7.43. The monoisotopic (exact) mass is 293 g/mol. The summed E-state index contributed by atoms with van der Waals surface area (Å²) in [7, 11) is 1.70. The first kappa shape index (κ1) is 15.0. The first-order valence-corrected chi connectivity index (χ1v) is 7.14. The molecule has 0 aliphatic rings. The van der Waals surface area contributed by atoms with Crippen LogP contribution in [0, 0.1) is 0 Å². The van der Waals surface area contributed by atoms with Crippen molar-refractivity contribution in [3.63, 3.8) is 0 Å². The van der Waals surface area contributed by atoms with Gasteiger partial charge in [-0.1, -0.05) is 24.6 Å². The lowest BCUT2D eigenvalue weighted by molar-refractivity contribution is 0.199. The molecule has 2 rings (SSSR count).